The summed E-state index contributed by atoms with van der Waals surface area (Å²) in [5.74, 6) is -1.49. The zero-order valence-corrected chi connectivity index (χ0v) is 14.3. The van der Waals surface area contributed by atoms with Crippen molar-refractivity contribution in [3.8, 4) is 0 Å². The largest absolute Gasteiger partial charge is 0.343 e. The third-order valence-electron chi connectivity index (χ3n) is 3.82. The van der Waals surface area contributed by atoms with Gasteiger partial charge in [0.25, 0.3) is 0 Å². The summed E-state index contributed by atoms with van der Waals surface area (Å²) in [7, 11) is 0. The first-order valence-electron chi connectivity index (χ1n) is 8.06. The summed E-state index contributed by atoms with van der Waals surface area (Å²) in [6, 6.07) is 9.77. The molecule has 6 nitrogen and oxygen atoms in total. The van der Waals surface area contributed by atoms with Crippen molar-refractivity contribution < 1.29 is 19.1 Å². The molecular weight excluding hydrogens is 320 g/mol. The molecule has 0 unspecified atom stereocenters. The molecule has 0 saturated heterocycles. The topological polar surface area (TPSA) is 77.3 Å². The van der Waals surface area contributed by atoms with Crippen molar-refractivity contribution in [2.24, 2.45) is 9.98 Å². The van der Waals surface area contributed by atoms with Crippen LogP contribution >= 0.6 is 0 Å². The third kappa shape index (κ3) is 3.90. The Hall–Kier alpha value is -2.62. The van der Waals surface area contributed by atoms with Gasteiger partial charge >= 0.3 is 0 Å². The molecule has 6 heteroatoms. The van der Waals surface area contributed by atoms with E-state index in [0.717, 1.165) is 11.1 Å². The van der Waals surface area contributed by atoms with Crippen molar-refractivity contribution in [2.75, 3.05) is 13.2 Å². The van der Waals surface area contributed by atoms with Crippen LogP contribution in [0.15, 0.2) is 64.1 Å². The monoisotopic (exact) mass is 340 g/mol. The summed E-state index contributed by atoms with van der Waals surface area (Å²) < 4.78 is 11.5. The van der Waals surface area contributed by atoms with Gasteiger partial charge in [0, 0.05) is 13.2 Å². The molecule has 2 rings (SSSR count). The van der Waals surface area contributed by atoms with Gasteiger partial charge in [-0.05, 0) is 43.6 Å². The average molecular weight is 340 g/mol. The maximum atomic E-state index is 11.1. The van der Waals surface area contributed by atoms with Crippen LogP contribution in [0.4, 0.5) is 0 Å². The lowest BCUT2D eigenvalue weighted by molar-refractivity contribution is -0.227. The van der Waals surface area contributed by atoms with Crippen molar-refractivity contribution in [3.63, 3.8) is 0 Å². The van der Waals surface area contributed by atoms with E-state index in [1.54, 1.807) is 26.0 Å². The molecular formula is C19H20N2O4. The van der Waals surface area contributed by atoms with E-state index in [1.807, 2.05) is 36.4 Å². The molecule has 0 radical (unpaired) electrons. The van der Waals surface area contributed by atoms with Crippen molar-refractivity contribution >= 4 is 12.2 Å². The van der Waals surface area contributed by atoms with Crippen LogP contribution in [0.3, 0.4) is 0 Å². The molecule has 1 aromatic carbocycles. The predicted octanol–water partition coefficient (Wildman–Crippen LogP) is 2.86. The number of hydrogen-bond acceptors (Lipinski definition) is 6. The molecule has 1 aromatic rings. The molecule has 0 amide bonds. The quantitative estimate of drug-likeness (QED) is 0.414. The van der Waals surface area contributed by atoms with Gasteiger partial charge in [0.1, 0.15) is 0 Å². The highest BCUT2D eigenvalue weighted by atomic mass is 16.7. The smallest absolute Gasteiger partial charge is 0.250 e. The number of rotatable bonds is 8. The van der Waals surface area contributed by atoms with Crippen molar-refractivity contribution in [1.29, 1.82) is 0 Å². The Morgan fingerprint density at radius 3 is 2.12 bits per heavy atom. The lowest BCUT2D eigenvalue weighted by Gasteiger charge is -2.41. The number of carbonyl (C=O) groups excluding carboxylic acids is 2. The summed E-state index contributed by atoms with van der Waals surface area (Å²) in [6.45, 7) is 4.10. The van der Waals surface area contributed by atoms with E-state index in [4.69, 9.17) is 9.47 Å². The van der Waals surface area contributed by atoms with Gasteiger partial charge in [-0.3, -0.25) is 0 Å². The minimum absolute atomic E-state index is 0.275. The van der Waals surface area contributed by atoms with E-state index in [2.05, 4.69) is 9.98 Å². The SMILES string of the molecule is CCOC1(OCC)C=CC(Cc2ccccc2)=CC1(N=C=O)N=C=O. The van der Waals surface area contributed by atoms with Gasteiger partial charge in [-0.25, -0.2) is 9.59 Å². The molecule has 0 bridgehead atoms. The second-order valence-electron chi connectivity index (χ2n) is 5.38. The fourth-order valence-electron chi connectivity index (χ4n) is 2.85. The van der Waals surface area contributed by atoms with Crippen LogP contribution in [0, 0.1) is 0 Å². The zero-order valence-electron chi connectivity index (χ0n) is 14.3. The van der Waals surface area contributed by atoms with Crippen molar-refractivity contribution in [2.45, 2.75) is 31.7 Å². The van der Waals surface area contributed by atoms with Crippen LogP contribution in [-0.4, -0.2) is 36.8 Å². The maximum Gasteiger partial charge on any atom is 0.250 e. The highest BCUT2D eigenvalue weighted by molar-refractivity contribution is 5.48. The number of aliphatic imine (C=N–C) groups is 2. The molecule has 0 heterocycles. The number of benzene rings is 1. The summed E-state index contributed by atoms with van der Waals surface area (Å²) >= 11 is 0. The fraction of sp³-hybridized carbons (Fsp3) is 0.368. The maximum absolute atomic E-state index is 11.1. The number of nitrogens with zero attached hydrogens (tertiary/aromatic N) is 2. The molecule has 0 spiro atoms. The molecule has 1 aliphatic rings. The molecule has 0 saturated carbocycles. The normalized spacial score (nSPS) is 21.0. The minimum Gasteiger partial charge on any atom is -0.343 e. The van der Waals surface area contributed by atoms with Gasteiger partial charge < -0.3 is 9.47 Å². The second kappa shape index (κ2) is 8.47. The molecule has 0 aromatic heterocycles. The van der Waals surface area contributed by atoms with Crippen LogP contribution in [-0.2, 0) is 25.5 Å². The Bertz CT molecular complexity index is 718. The standard InChI is InChI=1S/C19H20N2O4/c1-3-24-19(25-4-2)11-10-17(12-16-8-6-5-7-9-16)13-18(19,20-14-22)21-15-23/h5-11,13H,3-4,12H2,1-2H3. The highest BCUT2D eigenvalue weighted by Crippen LogP contribution is 2.40. The molecule has 0 fully saturated rings. The minimum atomic E-state index is -1.69. The molecule has 25 heavy (non-hydrogen) atoms. The summed E-state index contributed by atoms with van der Waals surface area (Å²) in [5, 5.41) is 0. The summed E-state index contributed by atoms with van der Waals surface area (Å²) in [4.78, 5) is 29.7. The average Bonchev–Trinajstić information content (AvgIpc) is 2.60. The first-order chi connectivity index (χ1) is 12.1. The van der Waals surface area contributed by atoms with Crippen LogP contribution < -0.4 is 0 Å². The number of isocyanates is 2. The molecule has 0 N–H and O–H groups in total. The van der Waals surface area contributed by atoms with Gasteiger partial charge in [-0.2, -0.15) is 9.98 Å². The van der Waals surface area contributed by atoms with Crippen LogP contribution in [0.2, 0.25) is 0 Å². The lowest BCUT2D eigenvalue weighted by atomic mass is 9.88. The summed E-state index contributed by atoms with van der Waals surface area (Å²) in [6.07, 6.45) is 8.61. The van der Waals surface area contributed by atoms with Crippen LogP contribution in [0.25, 0.3) is 0 Å². The number of hydrogen-bond donors (Lipinski definition) is 0. The van der Waals surface area contributed by atoms with E-state index in [9.17, 15) is 9.59 Å². The van der Waals surface area contributed by atoms with Gasteiger partial charge in [0.15, 0.2) is 0 Å². The Kier molecular flexibility index (Phi) is 6.34. The van der Waals surface area contributed by atoms with Gasteiger partial charge in [-0.15, -0.1) is 0 Å². The Morgan fingerprint density at radius 2 is 1.60 bits per heavy atom. The molecule has 1 aliphatic carbocycles. The Morgan fingerprint density at radius 1 is 1.00 bits per heavy atom. The Labute approximate surface area is 146 Å². The number of allylic oxidation sites excluding steroid dienone is 2. The van der Waals surface area contributed by atoms with Gasteiger partial charge in [-0.1, -0.05) is 36.4 Å². The van der Waals surface area contributed by atoms with Crippen LogP contribution in [0.1, 0.15) is 19.4 Å². The summed E-state index contributed by atoms with van der Waals surface area (Å²) in [5.41, 5.74) is 0.193. The van der Waals surface area contributed by atoms with E-state index in [0.29, 0.717) is 6.42 Å². The van der Waals surface area contributed by atoms with Crippen LogP contribution in [0.5, 0.6) is 0 Å². The predicted molar refractivity (Wildman–Crippen MR) is 92.3 cm³/mol. The fourth-order valence-corrected chi connectivity index (χ4v) is 2.85. The van der Waals surface area contributed by atoms with Gasteiger partial charge in [0.05, 0.1) is 0 Å². The highest BCUT2D eigenvalue weighted by Gasteiger charge is 2.54. The van der Waals surface area contributed by atoms with E-state index in [1.165, 1.54) is 12.2 Å². The second-order valence-corrected chi connectivity index (χ2v) is 5.38. The third-order valence-corrected chi connectivity index (χ3v) is 3.82. The van der Waals surface area contributed by atoms with Crippen molar-refractivity contribution in [1.82, 2.24) is 0 Å². The van der Waals surface area contributed by atoms with Crippen molar-refractivity contribution in [3.05, 3.63) is 59.7 Å². The lowest BCUT2D eigenvalue weighted by Crippen LogP contribution is -2.54. The first kappa shape index (κ1) is 18.7. The first-order valence-corrected chi connectivity index (χ1v) is 8.06. The zero-order chi connectivity index (χ0) is 18.2. The van der Waals surface area contributed by atoms with E-state index < -0.39 is 11.4 Å². The van der Waals surface area contributed by atoms with Gasteiger partial charge in [0.2, 0.25) is 23.6 Å². The Balaban J connectivity index is 2.54. The molecule has 0 atom stereocenters. The molecule has 130 valence electrons. The molecule has 0 aliphatic heterocycles. The van der Waals surface area contributed by atoms with E-state index >= 15 is 0 Å². The van der Waals surface area contributed by atoms with E-state index in [-0.39, 0.29) is 13.2 Å². The number of ether oxygens (including phenoxy) is 2.